The van der Waals surface area contributed by atoms with Crippen LogP contribution in [-0.4, -0.2) is 78.7 Å². The van der Waals surface area contributed by atoms with Gasteiger partial charge in [0.2, 0.25) is 5.67 Å². The molecule has 4 atom stereocenters. The molecule has 2 aromatic carbocycles. The minimum atomic E-state index is -4.56. The molecule has 6 rings (SSSR count). The number of pyridine rings is 1. The number of amides is 1. The van der Waals surface area contributed by atoms with E-state index in [0.29, 0.717) is 50.1 Å². The van der Waals surface area contributed by atoms with E-state index < -0.39 is 35.1 Å². The summed E-state index contributed by atoms with van der Waals surface area (Å²) in [5.41, 5.74) is -0.783. The molecule has 49 heavy (non-hydrogen) atoms. The molecule has 1 amide bonds. The molecule has 12 heteroatoms. The Morgan fingerprint density at radius 3 is 2.37 bits per heavy atom. The fourth-order valence-electron chi connectivity index (χ4n) is 7.90. The van der Waals surface area contributed by atoms with Gasteiger partial charge in [-0.25, -0.2) is 8.78 Å². The molecular formula is C37H41F5N4O3. The smallest absolute Gasteiger partial charge is 0.416 e. The number of aromatic nitrogens is 1. The Balaban J connectivity index is 1.29. The van der Waals surface area contributed by atoms with Crippen LogP contribution in [0, 0.1) is 17.7 Å². The number of ether oxygens (including phenoxy) is 1. The molecule has 1 aromatic heterocycles. The van der Waals surface area contributed by atoms with Crippen molar-refractivity contribution in [3.05, 3.63) is 95.1 Å². The number of anilines is 1. The highest BCUT2D eigenvalue weighted by molar-refractivity contribution is 5.88. The van der Waals surface area contributed by atoms with E-state index in [4.69, 9.17) is 4.74 Å². The van der Waals surface area contributed by atoms with Gasteiger partial charge in [-0.05, 0) is 54.2 Å². The van der Waals surface area contributed by atoms with Crippen molar-refractivity contribution in [3.8, 4) is 0 Å². The Morgan fingerprint density at radius 1 is 1.00 bits per heavy atom. The maximum Gasteiger partial charge on any atom is 0.416 e. The number of likely N-dealkylation sites (tertiary alicyclic amines) is 2. The first-order valence-corrected chi connectivity index (χ1v) is 16.8. The van der Waals surface area contributed by atoms with Crippen molar-refractivity contribution in [1.29, 1.82) is 0 Å². The van der Waals surface area contributed by atoms with E-state index in [1.807, 2.05) is 47.1 Å². The molecule has 3 fully saturated rings. The molecule has 3 saturated heterocycles. The Kier molecular flexibility index (Phi) is 9.97. The maximum atomic E-state index is 17.5. The van der Waals surface area contributed by atoms with Crippen molar-refractivity contribution >= 4 is 17.6 Å². The maximum absolute atomic E-state index is 17.5. The molecule has 0 bridgehead atoms. The third-order valence-corrected chi connectivity index (χ3v) is 10.5. The summed E-state index contributed by atoms with van der Waals surface area (Å²) in [6.07, 6.45) is -2.02. The monoisotopic (exact) mass is 684 g/mol. The number of halogens is 5. The van der Waals surface area contributed by atoms with Gasteiger partial charge in [-0.3, -0.25) is 19.5 Å². The fourth-order valence-corrected chi connectivity index (χ4v) is 7.90. The van der Waals surface area contributed by atoms with E-state index in [0.717, 1.165) is 23.9 Å². The average Bonchev–Trinajstić information content (AvgIpc) is 3.69. The first kappa shape index (κ1) is 34.8. The molecule has 0 radical (unpaired) electrons. The first-order chi connectivity index (χ1) is 23.4. The van der Waals surface area contributed by atoms with Crippen molar-refractivity contribution in [2.75, 3.05) is 51.3 Å². The van der Waals surface area contributed by atoms with Gasteiger partial charge in [0.25, 0.3) is 5.91 Å². The minimum Gasteiger partial charge on any atom is -0.469 e. The third kappa shape index (κ3) is 7.15. The summed E-state index contributed by atoms with van der Waals surface area (Å²) in [6.45, 7) is 3.54. The van der Waals surface area contributed by atoms with Gasteiger partial charge in [-0.2, -0.15) is 13.2 Å². The predicted molar refractivity (Wildman–Crippen MR) is 174 cm³/mol. The van der Waals surface area contributed by atoms with E-state index in [1.54, 1.807) is 0 Å². The molecule has 262 valence electrons. The average molecular weight is 685 g/mol. The van der Waals surface area contributed by atoms with Crippen LogP contribution in [0.15, 0.2) is 66.9 Å². The van der Waals surface area contributed by atoms with Crippen LogP contribution >= 0.6 is 0 Å². The second-order valence-corrected chi connectivity index (χ2v) is 13.5. The van der Waals surface area contributed by atoms with E-state index in [9.17, 15) is 27.2 Å². The van der Waals surface area contributed by atoms with Crippen molar-refractivity contribution in [3.63, 3.8) is 0 Å². The molecule has 7 nitrogen and oxygen atoms in total. The van der Waals surface area contributed by atoms with Crippen LogP contribution in [0.4, 0.5) is 27.6 Å². The summed E-state index contributed by atoms with van der Waals surface area (Å²) in [5, 5.41) is 0. The number of methoxy groups -OCH3 is 1. The van der Waals surface area contributed by atoms with Gasteiger partial charge in [0.1, 0.15) is 5.82 Å². The zero-order valence-electron chi connectivity index (χ0n) is 27.6. The summed E-state index contributed by atoms with van der Waals surface area (Å²) in [6, 6.07) is 15.9. The number of carbonyl (C=O) groups excluding carboxylic acids is 2. The van der Waals surface area contributed by atoms with Crippen molar-refractivity contribution in [2.24, 2.45) is 11.8 Å². The molecule has 0 spiro atoms. The second kappa shape index (κ2) is 14.0. The molecule has 3 aliphatic rings. The van der Waals surface area contributed by atoms with Crippen LogP contribution in [0.2, 0.25) is 0 Å². The SMILES string of the molecule is CC[C@H]1CN(C(=O)[C@]2(F)CN(Cc3ccccc3)C[C@H]2c2ccc(F)cn2)C[C@@H]1c1ccc(C(F)(F)F)cc1N1CCC(C(=O)OC)CC1. The zero-order chi connectivity index (χ0) is 34.9. The summed E-state index contributed by atoms with van der Waals surface area (Å²) >= 11 is 0. The summed E-state index contributed by atoms with van der Waals surface area (Å²) < 4.78 is 78.0. The zero-order valence-corrected chi connectivity index (χ0v) is 27.6. The van der Waals surface area contributed by atoms with Crippen molar-refractivity contribution in [2.45, 2.75) is 56.4 Å². The van der Waals surface area contributed by atoms with Crippen LogP contribution in [-0.2, 0) is 27.0 Å². The lowest BCUT2D eigenvalue weighted by Crippen LogP contribution is -2.50. The standard InChI is InChI=1S/C37H41F5N4O3/c1-3-25-20-46(21-30(25)29-11-9-27(37(40,41)42)17-33(29)45-15-13-26(14-16-45)34(47)49-2)35(48)36(39)23-44(19-24-7-5-4-6-8-24)22-31(36)32-12-10-28(38)18-43-32/h4-12,17-18,25-26,30-31H,3,13-16,19-23H2,1-2H3/t25-,30-,31-,36-/m0/s1. The molecule has 3 aliphatic heterocycles. The van der Waals surface area contributed by atoms with Gasteiger partial charge in [-0.15, -0.1) is 0 Å². The molecule has 3 aromatic rings. The van der Waals surface area contributed by atoms with Gasteiger partial charge >= 0.3 is 12.1 Å². The van der Waals surface area contributed by atoms with Gasteiger partial charge in [0.15, 0.2) is 0 Å². The Labute approximate surface area is 283 Å². The molecule has 0 unspecified atom stereocenters. The predicted octanol–water partition coefficient (Wildman–Crippen LogP) is 6.59. The summed E-state index contributed by atoms with van der Waals surface area (Å²) in [5.74, 6) is -3.31. The molecular weight excluding hydrogens is 643 g/mol. The van der Waals surface area contributed by atoms with Crippen LogP contribution < -0.4 is 4.90 Å². The molecule has 4 heterocycles. The van der Waals surface area contributed by atoms with E-state index in [2.05, 4.69) is 4.98 Å². The quantitative estimate of drug-likeness (QED) is 0.197. The molecule has 0 aliphatic carbocycles. The Morgan fingerprint density at radius 2 is 1.73 bits per heavy atom. The highest BCUT2D eigenvalue weighted by Crippen LogP contribution is 2.46. The van der Waals surface area contributed by atoms with Gasteiger partial charge in [0.05, 0.1) is 30.7 Å². The van der Waals surface area contributed by atoms with Crippen LogP contribution in [0.5, 0.6) is 0 Å². The normalized spacial score (nSPS) is 25.2. The van der Waals surface area contributed by atoms with Gasteiger partial charge in [0, 0.05) is 63.1 Å². The van der Waals surface area contributed by atoms with Crippen molar-refractivity contribution < 1.29 is 36.3 Å². The van der Waals surface area contributed by atoms with E-state index in [1.165, 1.54) is 30.2 Å². The topological polar surface area (TPSA) is 66.0 Å². The number of rotatable bonds is 8. The third-order valence-electron chi connectivity index (χ3n) is 10.5. The molecule has 0 saturated carbocycles. The van der Waals surface area contributed by atoms with Crippen LogP contribution in [0.1, 0.15) is 60.4 Å². The fraction of sp³-hybridized carbons (Fsp3) is 0.486. The van der Waals surface area contributed by atoms with Gasteiger partial charge < -0.3 is 14.5 Å². The number of esters is 1. The Bertz CT molecular complexity index is 1630. The number of benzene rings is 2. The van der Waals surface area contributed by atoms with Crippen LogP contribution in [0.3, 0.4) is 0 Å². The second-order valence-electron chi connectivity index (χ2n) is 13.5. The lowest BCUT2D eigenvalue weighted by Gasteiger charge is -2.35. The molecule has 0 N–H and O–H groups in total. The van der Waals surface area contributed by atoms with E-state index >= 15 is 4.39 Å². The number of nitrogens with zero attached hydrogens (tertiary/aromatic N) is 4. The number of piperidine rings is 1. The number of alkyl halides is 4. The number of hydrogen-bond acceptors (Lipinski definition) is 6. The summed E-state index contributed by atoms with van der Waals surface area (Å²) in [7, 11) is 1.32. The summed E-state index contributed by atoms with van der Waals surface area (Å²) in [4.78, 5) is 36.0. The first-order valence-electron chi connectivity index (χ1n) is 16.8. The lowest BCUT2D eigenvalue weighted by atomic mass is 9.85. The minimum absolute atomic E-state index is 0.125. The number of hydrogen-bond donors (Lipinski definition) is 0. The van der Waals surface area contributed by atoms with Gasteiger partial charge in [-0.1, -0.05) is 49.7 Å². The van der Waals surface area contributed by atoms with E-state index in [-0.39, 0.29) is 55.6 Å². The highest BCUT2D eigenvalue weighted by Gasteiger charge is 2.57. The van der Waals surface area contributed by atoms with Crippen molar-refractivity contribution in [1.82, 2.24) is 14.8 Å². The highest BCUT2D eigenvalue weighted by atomic mass is 19.4. The number of carbonyl (C=O) groups is 2. The largest absolute Gasteiger partial charge is 0.469 e. The Hall–Kier alpha value is -4.06. The van der Waals surface area contributed by atoms with Crippen LogP contribution in [0.25, 0.3) is 0 Å². The lowest BCUT2D eigenvalue weighted by molar-refractivity contribution is -0.146.